The Balaban J connectivity index is 2.11. The molecule has 0 aliphatic carbocycles. The molecule has 0 saturated heterocycles. The molecule has 0 fully saturated rings. The number of rotatable bonds is 3. The van der Waals surface area contributed by atoms with E-state index < -0.39 is 0 Å². The molecule has 0 amide bonds. The lowest BCUT2D eigenvalue weighted by atomic mass is 10.0. The van der Waals surface area contributed by atoms with Gasteiger partial charge in [-0.2, -0.15) is 0 Å². The Morgan fingerprint density at radius 3 is 1.76 bits per heavy atom. The Hall–Kier alpha value is -0.100. The van der Waals surface area contributed by atoms with Gasteiger partial charge in [0.2, 0.25) is 0 Å². The molecule has 0 bridgehead atoms. The van der Waals surface area contributed by atoms with Crippen LogP contribution in [0.5, 0.6) is 0 Å². The van der Waals surface area contributed by atoms with E-state index in [-0.39, 0.29) is 21.2 Å². The van der Waals surface area contributed by atoms with Gasteiger partial charge in [0.15, 0.2) is 7.14 Å². The van der Waals surface area contributed by atoms with E-state index in [1.165, 1.54) is 16.3 Å². The first-order valence-corrected chi connectivity index (χ1v) is 8.89. The van der Waals surface area contributed by atoms with Gasteiger partial charge in [-0.25, -0.2) is 0 Å². The first-order valence-electron chi connectivity index (χ1n) is 5.65. The lowest BCUT2D eigenvalue weighted by Crippen LogP contribution is -3.61. The monoisotopic (exact) mass is 449 g/mol. The summed E-state index contributed by atoms with van der Waals surface area (Å²) in [4.78, 5) is 0. The quantitative estimate of drug-likeness (QED) is 0.625. The average molecular weight is 449 g/mol. The Kier molecular flexibility index (Phi) is 4.85. The summed E-state index contributed by atoms with van der Waals surface area (Å²) < 4.78 is 4.29. The summed E-state index contributed by atoms with van der Waals surface area (Å²) in [5, 5.41) is 0. The molecule has 0 spiro atoms. The van der Waals surface area contributed by atoms with E-state index in [1.54, 1.807) is 0 Å². The third-order valence-corrected chi connectivity index (χ3v) is 5.96. The number of halogens is 2. The van der Waals surface area contributed by atoms with Crippen LogP contribution in [0.4, 0.5) is 0 Å². The van der Waals surface area contributed by atoms with E-state index in [0.717, 1.165) is 0 Å². The molecule has 88 valence electrons. The summed E-state index contributed by atoms with van der Waals surface area (Å²) in [5.74, 6) is 0.626. The van der Waals surface area contributed by atoms with Crippen LogP contribution in [0.3, 0.4) is 0 Å². The topological polar surface area (TPSA) is 0 Å². The summed E-state index contributed by atoms with van der Waals surface area (Å²) >= 11 is 2.33. The van der Waals surface area contributed by atoms with Gasteiger partial charge in [0.25, 0.3) is 0 Å². The van der Waals surface area contributed by atoms with Crippen molar-refractivity contribution < 1.29 is 21.2 Å². The van der Waals surface area contributed by atoms with Crippen molar-refractivity contribution in [1.29, 1.82) is 0 Å². The second-order valence-corrected chi connectivity index (χ2v) is 8.51. The van der Waals surface area contributed by atoms with Crippen molar-refractivity contribution in [2.24, 2.45) is 0 Å². The second kappa shape index (κ2) is 6.18. The van der Waals surface area contributed by atoms with E-state index in [0.29, 0.717) is 5.92 Å². The molecule has 0 saturated carbocycles. The number of hydrogen-bond donors (Lipinski definition) is 0. The Bertz CT molecular complexity index is 469. The highest BCUT2D eigenvalue weighted by Crippen LogP contribution is 2.12. The van der Waals surface area contributed by atoms with E-state index in [9.17, 15) is 0 Å². The molecule has 2 aromatic rings. The third kappa shape index (κ3) is 3.95. The minimum absolute atomic E-state index is 0.0200. The van der Waals surface area contributed by atoms with Gasteiger partial charge in [0, 0.05) is 3.57 Å². The van der Waals surface area contributed by atoms with Crippen LogP contribution in [0.15, 0.2) is 48.5 Å². The Morgan fingerprint density at radius 1 is 0.824 bits per heavy atom. The standard InChI is InChI=1S/C15H15I2/c1-11(2)12-3-7-14(8-4-12)17-15-9-5-13(16)6-10-15/h3-11H,1-2H3/q+1. The van der Waals surface area contributed by atoms with Crippen LogP contribution in [-0.2, 0) is 0 Å². The molecule has 0 aliphatic heterocycles. The molecule has 2 heteroatoms. The Morgan fingerprint density at radius 2 is 1.29 bits per heavy atom. The van der Waals surface area contributed by atoms with Crippen LogP contribution in [-0.4, -0.2) is 0 Å². The normalized spacial score (nSPS) is 10.8. The molecule has 0 nitrogen and oxygen atoms in total. The molecular weight excluding hydrogens is 434 g/mol. The summed E-state index contributed by atoms with van der Waals surface area (Å²) in [6.45, 7) is 4.48. The van der Waals surface area contributed by atoms with Crippen molar-refractivity contribution in [2.75, 3.05) is 0 Å². The summed E-state index contributed by atoms with van der Waals surface area (Å²) in [6.07, 6.45) is 0. The maximum atomic E-state index is 2.35. The van der Waals surface area contributed by atoms with Crippen molar-refractivity contribution in [1.82, 2.24) is 0 Å². The summed E-state index contributed by atoms with van der Waals surface area (Å²) in [5.41, 5.74) is 1.43. The zero-order valence-corrected chi connectivity index (χ0v) is 14.3. The first kappa shape index (κ1) is 13.3. The van der Waals surface area contributed by atoms with Gasteiger partial charge < -0.3 is 0 Å². The molecule has 17 heavy (non-hydrogen) atoms. The molecule has 0 radical (unpaired) electrons. The number of hydrogen-bond acceptors (Lipinski definition) is 0. The Labute approximate surface area is 127 Å². The highest BCUT2D eigenvalue weighted by atomic mass is 127. The van der Waals surface area contributed by atoms with Crippen LogP contribution in [0.2, 0.25) is 0 Å². The fraction of sp³-hybridized carbons (Fsp3) is 0.200. The zero-order valence-electron chi connectivity index (χ0n) is 9.95. The molecule has 0 aromatic heterocycles. The molecule has 0 aliphatic rings. The highest BCUT2D eigenvalue weighted by molar-refractivity contribution is 14.1. The van der Waals surface area contributed by atoms with Gasteiger partial charge in [-0.05, 0) is 70.5 Å². The van der Waals surface area contributed by atoms with Gasteiger partial charge in [0.05, 0.1) is 0 Å². The zero-order chi connectivity index (χ0) is 12.3. The van der Waals surface area contributed by atoms with Crippen molar-refractivity contribution in [3.05, 3.63) is 64.8 Å². The molecule has 2 aromatic carbocycles. The van der Waals surface area contributed by atoms with E-state index >= 15 is 0 Å². The SMILES string of the molecule is CC(C)c1ccc([I+]c2ccc(I)cc2)cc1. The maximum Gasteiger partial charge on any atom is 0.357 e. The largest absolute Gasteiger partial charge is 0.357 e. The van der Waals surface area contributed by atoms with Crippen molar-refractivity contribution >= 4 is 22.6 Å². The molecule has 0 atom stereocenters. The maximum absolute atomic E-state index is 2.35. The van der Waals surface area contributed by atoms with Crippen molar-refractivity contribution in [2.45, 2.75) is 19.8 Å². The smallest absolute Gasteiger partial charge is 0.0587 e. The third-order valence-electron chi connectivity index (χ3n) is 2.56. The van der Waals surface area contributed by atoms with Gasteiger partial charge in [-0.3, -0.25) is 0 Å². The fourth-order valence-corrected chi connectivity index (χ4v) is 4.05. The summed E-state index contributed by atoms with van der Waals surface area (Å²) in [6, 6.07) is 18.0. The molecular formula is C15H15I2+. The highest BCUT2D eigenvalue weighted by Gasteiger charge is 2.15. The predicted octanol–water partition coefficient (Wildman–Crippen LogP) is 1.54. The lowest BCUT2D eigenvalue weighted by Gasteiger charge is -2.02. The van der Waals surface area contributed by atoms with Gasteiger partial charge in [0.1, 0.15) is 0 Å². The molecule has 2 rings (SSSR count). The van der Waals surface area contributed by atoms with Gasteiger partial charge >= 0.3 is 21.2 Å². The van der Waals surface area contributed by atoms with Crippen molar-refractivity contribution in [3.63, 3.8) is 0 Å². The minimum Gasteiger partial charge on any atom is -0.0587 e. The fourth-order valence-electron chi connectivity index (χ4n) is 1.53. The predicted molar refractivity (Wildman–Crippen MR) is 77.1 cm³/mol. The van der Waals surface area contributed by atoms with E-state index in [4.69, 9.17) is 0 Å². The second-order valence-electron chi connectivity index (χ2n) is 4.24. The number of benzene rings is 2. The van der Waals surface area contributed by atoms with E-state index in [1.807, 2.05) is 0 Å². The average Bonchev–Trinajstić information content (AvgIpc) is 2.33. The lowest BCUT2D eigenvalue weighted by molar-refractivity contribution is -0.597. The van der Waals surface area contributed by atoms with E-state index in [2.05, 4.69) is 85.0 Å². The van der Waals surface area contributed by atoms with Crippen LogP contribution in [0.25, 0.3) is 0 Å². The van der Waals surface area contributed by atoms with Gasteiger partial charge in [-0.1, -0.05) is 26.0 Å². The molecule has 0 heterocycles. The molecule has 0 unspecified atom stereocenters. The van der Waals surface area contributed by atoms with Crippen molar-refractivity contribution in [3.8, 4) is 0 Å². The van der Waals surface area contributed by atoms with Gasteiger partial charge in [-0.15, -0.1) is 0 Å². The summed E-state index contributed by atoms with van der Waals surface area (Å²) in [7, 11) is 0. The van der Waals surface area contributed by atoms with Crippen LogP contribution < -0.4 is 21.2 Å². The van der Waals surface area contributed by atoms with Crippen LogP contribution in [0, 0.1) is 10.7 Å². The molecule has 0 N–H and O–H groups in total. The van der Waals surface area contributed by atoms with Crippen LogP contribution >= 0.6 is 22.6 Å². The minimum atomic E-state index is -0.0200. The first-order chi connectivity index (χ1) is 8.15. The van der Waals surface area contributed by atoms with Crippen LogP contribution in [0.1, 0.15) is 25.3 Å².